The van der Waals surface area contributed by atoms with Gasteiger partial charge >= 0.3 is 0 Å². The molecular weight excluding hydrogens is 308 g/mol. The number of alkyl halides is 1. The zero-order chi connectivity index (χ0) is 13.9. The van der Waals surface area contributed by atoms with Crippen LogP contribution in [0.4, 0.5) is 0 Å². The fourth-order valence-corrected chi connectivity index (χ4v) is 2.97. The number of halogens is 1. The van der Waals surface area contributed by atoms with Gasteiger partial charge in [0.1, 0.15) is 6.10 Å². The fourth-order valence-electron chi connectivity index (χ4n) is 2.37. The van der Waals surface area contributed by atoms with Crippen molar-refractivity contribution < 1.29 is 14.6 Å². The molecule has 0 radical (unpaired) electrons. The summed E-state index contributed by atoms with van der Waals surface area (Å²) in [7, 11) is 0. The molecule has 1 heterocycles. The van der Waals surface area contributed by atoms with E-state index < -0.39 is 0 Å². The van der Waals surface area contributed by atoms with Gasteiger partial charge in [0, 0.05) is 0 Å². The van der Waals surface area contributed by atoms with Crippen LogP contribution in [0.1, 0.15) is 64.7 Å². The molecule has 0 aromatic heterocycles. The standard InChI is InChI=1S/C15H29BrO3/c1-2-3-4-5-6-7-8-9-10-14(16)15-18-12-13(11-17)19-15/h13-15,17H,2-12H2,1H3/t13-,14+,15-/m0/s1. The number of hydrogen-bond donors (Lipinski definition) is 1. The van der Waals surface area contributed by atoms with Crippen molar-refractivity contribution in [2.75, 3.05) is 13.2 Å². The number of hydrogen-bond acceptors (Lipinski definition) is 3. The Morgan fingerprint density at radius 2 is 1.74 bits per heavy atom. The fraction of sp³-hybridized carbons (Fsp3) is 1.00. The molecule has 3 atom stereocenters. The minimum Gasteiger partial charge on any atom is -0.394 e. The van der Waals surface area contributed by atoms with E-state index in [-0.39, 0.29) is 23.8 Å². The lowest BCUT2D eigenvalue weighted by atomic mass is 10.1. The summed E-state index contributed by atoms with van der Waals surface area (Å²) in [4.78, 5) is 0.254. The van der Waals surface area contributed by atoms with Crippen LogP contribution < -0.4 is 0 Å². The Bertz CT molecular complexity index is 214. The Morgan fingerprint density at radius 1 is 1.11 bits per heavy atom. The molecule has 0 aromatic rings. The predicted octanol–water partition coefficient (Wildman–Crippen LogP) is 4.01. The summed E-state index contributed by atoms with van der Waals surface area (Å²) in [5, 5.41) is 8.98. The maximum absolute atomic E-state index is 8.98. The van der Waals surface area contributed by atoms with Crippen LogP contribution in [0.2, 0.25) is 0 Å². The van der Waals surface area contributed by atoms with Crippen LogP contribution in [0.5, 0.6) is 0 Å². The zero-order valence-corrected chi connectivity index (χ0v) is 13.7. The molecule has 4 heteroatoms. The molecule has 0 saturated carbocycles. The number of unbranched alkanes of at least 4 members (excludes halogenated alkanes) is 7. The van der Waals surface area contributed by atoms with Crippen LogP contribution >= 0.6 is 15.9 Å². The van der Waals surface area contributed by atoms with Crippen molar-refractivity contribution in [3.05, 3.63) is 0 Å². The summed E-state index contributed by atoms with van der Waals surface area (Å²) < 4.78 is 11.1. The minimum atomic E-state index is -0.179. The third-order valence-electron chi connectivity index (χ3n) is 3.61. The molecule has 1 aliphatic heterocycles. The van der Waals surface area contributed by atoms with Crippen molar-refractivity contribution in [2.24, 2.45) is 0 Å². The van der Waals surface area contributed by atoms with Crippen molar-refractivity contribution in [3.63, 3.8) is 0 Å². The molecular formula is C15H29BrO3. The average Bonchev–Trinajstić information content (AvgIpc) is 2.90. The first-order valence-electron chi connectivity index (χ1n) is 7.80. The van der Waals surface area contributed by atoms with E-state index >= 15 is 0 Å². The molecule has 1 fully saturated rings. The summed E-state index contributed by atoms with van der Waals surface area (Å²) in [6, 6.07) is 0. The van der Waals surface area contributed by atoms with Crippen LogP contribution in [-0.4, -0.2) is 35.5 Å². The minimum absolute atomic E-state index is 0.0496. The maximum atomic E-state index is 8.98. The largest absolute Gasteiger partial charge is 0.394 e. The first-order valence-corrected chi connectivity index (χ1v) is 8.71. The van der Waals surface area contributed by atoms with E-state index in [9.17, 15) is 0 Å². The predicted molar refractivity (Wildman–Crippen MR) is 81.6 cm³/mol. The van der Waals surface area contributed by atoms with Crippen LogP contribution in [0.25, 0.3) is 0 Å². The maximum Gasteiger partial charge on any atom is 0.170 e. The van der Waals surface area contributed by atoms with Gasteiger partial charge < -0.3 is 14.6 Å². The van der Waals surface area contributed by atoms with E-state index in [1.54, 1.807) is 0 Å². The molecule has 1 rings (SSSR count). The van der Waals surface area contributed by atoms with Crippen LogP contribution in [-0.2, 0) is 9.47 Å². The van der Waals surface area contributed by atoms with Crippen molar-refractivity contribution in [1.82, 2.24) is 0 Å². The van der Waals surface area contributed by atoms with Crippen molar-refractivity contribution in [2.45, 2.75) is 81.9 Å². The van der Waals surface area contributed by atoms with Crippen molar-refractivity contribution in [1.29, 1.82) is 0 Å². The molecule has 0 bridgehead atoms. The second-order valence-corrected chi connectivity index (χ2v) is 6.60. The summed E-state index contributed by atoms with van der Waals surface area (Å²) in [5.41, 5.74) is 0. The molecule has 19 heavy (non-hydrogen) atoms. The lowest BCUT2D eigenvalue weighted by molar-refractivity contribution is -0.0646. The van der Waals surface area contributed by atoms with Crippen LogP contribution in [0.15, 0.2) is 0 Å². The van der Waals surface area contributed by atoms with E-state index in [1.807, 2.05) is 0 Å². The second kappa shape index (κ2) is 11.1. The van der Waals surface area contributed by atoms with Gasteiger partial charge in [0.2, 0.25) is 0 Å². The lowest BCUT2D eigenvalue weighted by Gasteiger charge is -2.16. The first-order chi connectivity index (χ1) is 9.27. The van der Waals surface area contributed by atoms with E-state index in [2.05, 4.69) is 22.9 Å². The van der Waals surface area contributed by atoms with Gasteiger partial charge in [-0.15, -0.1) is 0 Å². The van der Waals surface area contributed by atoms with Gasteiger partial charge in [-0.2, -0.15) is 0 Å². The summed E-state index contributed by atoms with van der Waals surface area (Å²) in [6.07, 6.45) is 11.5. The molecule has 1 N–H and O–H groups in total. The smallest absolute Gasteiger partial charge is 0.170 e. The molecule has 0 aromatic carbocycles. The zero-order valence-electron chi connectivity index (χ0n) is 12.2. The van der Waals surface area contributed by atoms with Gasteiger partial charge in [-0.3, -0.25) is 0 Å². The third-order valence-corrected chi connectivity index (χ3v) is 4.49. The summed E-state index contributed by atoms with van der Waals surface area (Å²) in [5.74, 6) is 0. The van der Waals surface area contributed by atoms with Crippen LogP contribution in [0, 0.1) is 0 Å². The topological polar surface area (TPSA) is 38.7 Å². The van der Waals surface area contributed by atoms with Gasteiger partial charge in [-0.05, 0) is 6.42 Å². The lowest BCUT2D eigenvalue weighted by Crippen LogP contribution is -2.23. The van der Waals surface area contributed by atoms with E-state index in [1.165, 1.54) is 51.4 Å². The molecule has 114 valence electrons. The first kappa shape index (κ1) is 17.4. The Balaban J connectivity index is 1.91. The highest BCUT2D eigenvalue weighted by Crippen LogP contribution is 2.24. The molecule has 3 nitrogen and oxygen atoms in total. The van der Waals surface area contributed by atoms with Gasteiger partial charge in [0.15, 0.2) is 6.29 Å². The molecule has 0 unspecified atom stereocenters. The van der Waals surface area contributed by atoms with Gasteiger partial charge in [0.25, 0.3) is 0 Å². The van der Waals surface area contributed by atoms with E-state index in [0.29, 0.717) is 6.61 Å². The van der Waals surface area contributed by atoms with Gasteiger partial charge in [-0.25, -0.2) is 0 Å². The normalized spacial score (nSPS) is 24.8. The molecule has 0 aliphatic carbocycles. The number of aliphatic hydroxyl groups excluding tert-OH is 1. The Kier molecular flexibility index (Phi) is 10.1. The Morgan fingerprint density at radius 3 is 2.32 bits per heavy atom. The van der Waals surface area contributed by atoms with Crippen molar-refractivity contribution >= 4 is 15.9 Å². The number of ether oxygens (including phenoxy) is 2. The summed E-state index contributed by atoms with van der Waals surface area (Å²) in [6.45, 7) is 2.82. The average molecular weight is 337 g/mol. The van der Waals surface area contributed by atoms with Crippen molar-refractivity contribution in [3.8, 4) is 0 Å². The SMILES string of the molecule is CCCCCCCCCC[C@@H](Br)[C@H]1OC[C@H](CO)O1. The van der Waals surface area contributed by atoms with Gasteiger partial charge in [-0.1, -0.05) is 74.2 Å². The molecule has 1 saturated heterocycles. The second-order valence-electron chi connectivity index (χ2n) is 5.42. The molecule has 0 spiro atoms. The van der Waals surface area contributed by atoms with E-state index in [0.717, 1.165) is 6.42 Å². The highest BCUT2D eigenvalue weighted by molar-refractivity contribution is 9.09. The molecule has 0 amide bonds. The Labute approximate surface area is 126 Å². The number of rotatable bonds is 11. The molecule has 1 aliphatic rings. The quantitative estimate of drug-likeness (QED) is 0.457. The van der Waals surface area contributed by atoms with Gasteiger partial charge in [0.05, 0.1) is 18.0 Å². The summed E-state index contributed by atoms with van der Waals surface area (Å²) >= 11 is 3.63. The highest BCUT2D eigenvalue weighted by Gasteiger charge is 2.30. The highest BCUT2D eigenvalue weighted by atomic mass is 79.9. The van der Waals surface area contributed by atoms with E-state index in [4.69, 9.17) is 14.6 Å². The van der Waals surface area contributed by atoms with Crippen LogP contribution in [0.3, 0.4) is 0 Å². The number of aliphatic hydroxyl groups is 1. The third kappa shape index (κ3) is 7.64. The Hall–Kier alpha value is 0.360. The monoisotopic (exact) mass is 336 g/mol.